The molecule has 3 rings (SSSR count). The van der Waals surface area contributed by atoms with Gasteiger partial charge in [0.15, 0.2) is 0 Å². The Balaban J connectivity index is 1.46. The zero-order valence-corrected chi connectivity index (χ0v) is 14.7. The molecule has 0 aliphatic carbocycles. The molecule has 0 unspecified atom stereocenters. The van der Waals surface area contributed by atoms with Gasteiger partial charge in [-0.15, -0.1) is 0 Å². The molecule has 2 aliphatic rings. The first-order chi connectivity index (χ1) is 12.1. The summed E-state index contributed by atoms with van der Waals surface area (Å²) in [5.41, 5.74) is 1.12. The Morgan fingerprint density at radius 1 is 1.48 bits per heavy atom. The predicted octanol–water partition coefficient (Wildman–Crippen LogP) is -0.323. The van der Waals surface area contributed by atoms with Gasteiger partial charge in [-0.05, 0) is 31.7 Å². The lowest BCUT2D eigenvalue weighted by atomic mass is 10.1. The van der Waals surface area contributed by atoms with Gasteiger partial charge < -0.3 is 15.4 Å². The van der Waals surface area contributed by atoms with Gasteiger partial charge in [0.05, 0.1) is 32.0 Å². The summed E-state index contributed by atoms with van der Waals surface area (Å²) in [6.45, 7) is 5.68. The molecule has 138 valence electrons. The molecular formula is C17H27N5O3. The second-order valence-corrected chi connectivity index (χ2v) is 6.87. The number of rotatable bonds is 5. The average molecular weight is 349 g/mol. The summed E-state index contributed by atoms with van der Waals surface area (Å²) in [5.74, 6) is -0.169. The highest BCUT2D eigenvalue weighted by atomic mass is 16.5. The van der Waals surface area contributed by atoms with Crippen LogP contribution in [0.15, 0.2) is 12.4 Å². The van der Waals surface area contributed by atoms with Crippen LogP contribution in [0.25, 0.3) is 0 Å². The van der Waals surface area contributed by atoms with Gasteiger partial charge in [-0.1, -0.05) is 0 Å². The minimum atomic E-state index is -0.404. The number of aromatic nitrogens is 2. The monoisotopic (exact) mass is 349 g/mol. The second kappa shape index (κ2) is 8.44. The van der Waals surface area contributed by atoms with Gasteiger partial charge in [0.2, 0.25) is 11.8 Å². The first-order valence-electron chi connectivity index (χ1n) is 9.00. The van der Waals surface area contributed by atoms with Crippen LogP contribution >= 0.6 is 0 Å². The molecule has 2 saturated heterocycles. The Hall–Kier alpha value is -1.93. The van der Waals surface area contributed by atoms with E-state index in [2.05, 4.69) is 20.6 Å². The smallest absolute Gasteiger partial charge is 0.242 e. The highest BCUT2D eigenvalue weighted by molar-refractivity contribution is 5.88. The topological polar surface area (TPSA) is 88.5 Å². The number of morpholine rings is 1. The maximum atomic E-state index is 12.3. The van der Waals surface area contributed by atoms with E-state index in [-0.39, 0.29) is 17.9 Å². The molecule has 2 N–H and O–H groups in total. The predicted molar refractivity (Wildman–Crippen MR) is 91.9 cm³/mol. The first-order valence-corrected chi connectivity index (χ1v) is 9.00. The Morgan fingerprint density at radius 3 is 3.16 bits per heavy atom. The van der Waals surface area contributed by atoms with Crippen molar-refractivity contribution in [2.45, 2.75) is 44.9 Å². The number of ether oxygens (including phenoxy) is 1. The van der Waals surface area contributed by atoms with Crippen molar-refractivity contribution in [3.05, 3.63) is 18.0 Å². The van der Waals surface area contributed by atoms with Crippen LogP contribution in [0.2, 0.25) is 0 Å². The quantitative estimate of drug-likeness (QED) is 0.760. The van der Waals surface area contributed by atoms with Crippen molar-refractivity contribution >= 4 is 11.8 Å². The second-order valence-electron chi connectivity index (χ2n) is 6.87. The summed E-state index contributed by atoms with van der Waals surface area (Å²) >= 11 is 0. The average Bonchev–Trinajstić information content (AvgIpc) is 2.87. The van der Waals surface area contributed by atoms with E-state index in [1.807, 2.05) is 24.0 Å². The largest absolute Gasteiger partial charge is 0.374 e. The van der Waals surface area contributed by atoms with Crippen molar-refractivity contribution < 1.29 is 14.3 Å². The van der Waals surface area contributed by atoms with Crippen LogP contribution in [0.4, 0.5) is 0 Å². The lowest BCUT2D eigenvalue weighted by molar-refractivity contribution is -0.130. The third-order valence-corrected chi connectivity index (χ3v) is 4.61. The summed E-state index contributed by atoms with van der Waals surface area (Å²) in [4.78, 5) is 26.3. The van der Waals surface area contributed by atoms with Crippen LogP contribution in [0.5, 0.6) is 0 Å². The molecule has 0 aromatic carbocycles. The molecule has 8 nitrogen and oxygen atoms in total. The molecule has 2 aliphatic heterocycles. The maximum absolute atomic E-state index is 12.3. The Kier molecular flexibility index (Phi) is 6.04. The molecule has 25 heavy (non-hydrogen) atoms. The minimum absolute atomic E-state index is 0.0158. The molecule has 3 heterocycles. The van der Waals surface area contributed by atoms with Gasteiger partial charge >= 0.3 is 0 Å². The Morgan fingerprint density at radius 2 is 2.36 bits per heavy atom. The molecule has 1 aromatic heterocycles. The van der Waals surface area contributed by atoms with Crippen molar-refractivity contribution in [1.29, 1.82) is 0 Å². The van der Waals surface area contributed by atoms with Gasteiger partial charge in [-0.25, -0.2) is 0 Å². The molecular weight excluding hydrogens is 322 g/mol. The highest BCUT2D eigenvalue weighted by Crippen LogP contribution is 2.09. The van der Waals surface area contributed by atoms with Crippen molar-refractivity contribution in [2.24, 2.45) is 0 Å². The van der Waals surface area contributed by atoms with Gasteiger partial charge in [0, 0.05) is 25.8 Å². The van der Waals surface area contributed by atoms with Crippen LogP contribution in [0.1, 0.15) is 24.8 Å². The molecule has 0 spiro atoms. The Labute approximate surface area is 147 Å². The number of aryl methyl sites for hydroxylation is 1. The van der Waals surface area contributed by atoms with E-state index in [9.17, 15) is 9.59 Å². The fourth-order valence-corrected chi connectivity index (χ4v) is 3.33. The molecule has 2 atom stereocenters. The van der Waals surface area contributed by atoms with Gasteiger partial charge in [0.25, 0.3) is 0 Å². The van der Waals surface area contributed by atoms with Crippen molar-refractivity contribution in [2.75, 3.05) is 32.8 Å². The minimum Gasteiger partial charge on any atom is -0.374 e. The first kappa shape index (κ1) is 17.9. The number of nitrogens with zero attached hydrogens (tertiary/aromatic N) is 3. The molecule has 2 fully saturated rings. The summed E-state index contributed by atoms with van der Waals surface area (Å²) < 4.78 is 7.66. The van der Waals surface area contributed by atoms with Gasteiger partial charge in [-0.3, -0.25) is 19.2 Å². The molecule has 0 radical (unpaired) electrons. The van der Waals surface area contributed by atoms with Crippen LogP contribution in [-0.2, 0) is 20.9 Å². The van der Waals surface area contributed by atoms with E-state index in [4.69, 9.17) is 4.74 Å². The van der Waals surface area contributed by atoms with Crippen molar-refractivity contribution in [3.63, 3.8) is 0 Å². The van der Waals surface area contributed by atoms with Gasteiger partial charge in [0.1, 0.15) is 6.04 Å². The number of hydrogen-bond acceptors (Lipinski definition) is 5. The van der Waals surface area contributed by atoms with Crippen molar-refractivity contribution in [1.82, 2.24) is 25.3 Å². The zero-order chi connectivity index (χ0) is 17.6. The number of nitrogens with one attached hydrogen (secondary N) is 2. The summed E-state index contributed by atoms with van der Waals surface area (Å²) in [6, 6.07) is -0.404. The Bertz CT molecular complexity index is 603. The van der Waals surface area contributed by atoms with E-state index in [0.29, 0.717) is 39.2 Å². The molecule has 0 bridgehead atoms. The molecule has 0 saturated carbocycles. The fraction of sp³-hybridized carbons (Fsp3) is 0.706. The van der Waals surface area contributed by atoms with E-state index >= 15 is 0 Å². The SMILES string of the molecule is Cc1cnn(C[C@@H]2CN(CC(=O)N[C@H]3CCCCNC3=O)CCO2)c1. The summed E-state index contributed by atoms with van der Waals surface area (Å²) in [5, 5.41) is 10.0. The standard InChI is InChI=1S/C17H27N5O3/c1-13-8-19-22(9-13)11-14-10-21(6-7-25-14)12-16(23)20-15-4-2-3-5-18-17(15)24/h8-9,14-15H,2-7,10-12H2,1H3,(H,18,24)(H,20,23)/t14-,15-/m0/s1. The number of amides is 2. The van der Waals surface area contributed by atoms with Crippen LogP contribution in [-0.4, -0.2) is 71.4 Å². The van der Waals surface area contributed by atoms with Crippen LogP contribution < -0.4 is 10.6 Å². The third-order valence-electron chi connectivity index (χ3n) is 4.61. The zero-order valence-electron chi connectivity index (χ0n) is 14.7. The van der Waals surface area contributed by atoms with Gasteiger partial charge in [-0.2, -0.15) is 5.10 Å². The van der Waals surface area contributed by atoms with E-state index in [1.54, 1.807) is 0 Å². The van der Waals surface area contributed by atoms with E-state index in [1.165, 1.54) is 0 Å². The fourth-order valence-electron chi connectivity index (χ4n) is 3.33. The summed E-state index contributed by atoms with van der Waals surface area (Å²) in [6.07, 6.45) is 6.46. The number of carbonyl (C=O) groups excluding carboxylic acids is 2. The molecule has 2 amide bonds. The van der Waals surface area contributed by atoms with E-state index < -0.39 is 6.04 Å². The molecule has 1 aromatic rings. The maximum Gasteiger partial charge on any atom is 0.242 e. The number of hydrogen-bond donors (Lipinski definition) is 2. The number of carbonyl (C=O) groups is 2. The van der Waals surface area contributed by atoms with Crippen LogP contribution in [0.3, 0.4) is 0 Å². The third kappa shape index (κ3) is 5.27. The lowest BCUT2D eigenvalue weighted by Crippen LogP contribution is -2.51. The van der Waals surface area contributed by atoms with Crippen LogP contribution in [0, 0.1) is 6.92 Å². The van der Waals surface area contributed by atoms with Crippen molar-refractivity contribution in [3.8, 4) is 0 Å². The highest BCUT2D eigenvalue weighted by Gasteiger charge is 2.26. The normalized spacial score (nSPS) is 25.2. The lowest BCUT2D eigenvalue weighted by Gasteiger charge is -2.32. The molecule has 8 heteroatoms. The van der Waals surface area contributed by atoms with E-state index in [0.717, 1.165) is 24.9 Å². The summed E-state index contributed by atoms with van der Waals surface area (Å²) in [7, 11) is 0.